The average molecular weight is 327 g/mol. The van der Waals surface area contributed by atoms with Crippen molar-refractivity contribution < 1.29 is 4.74 Å². The molecule has 1 fully saturated rings. The molecule has 1 aliphatic carbocycles. The summed E-state index contributed by atoms with van der Waals surface area (Å²) in [6, 6.07) is 0.378. The second kappa shape index (κ2) is 5.89. The first kappa shape index (κ1) is 15.0. The van der Waals surface area contributed by atoms with Gasteiger partial charge in [0.05, 0.1) is 6.10 Å². The molecule has 2 atom stereocenters. The Balaban J connectivity index is 0.00000196. The van der Waals surface area contributed by atoms with Crippen LogP contribution in [0.4, 0.5) is 0 Å². The lowest BCUT2D eigenvalue weighted by atomic mass is 9.64. The number of aliphatic imine (C=N–C) groups is 1. The zero-order valence-corrected chi connectivity index (χ0v) is 12.2. The molecular formula is C10H22IN3O. The molecule has 3 N–H and O–H groups in total. The zero-order valence-electron chi connectivity index (χ0n) is 9.91. The Morgan fingerprint density at radius 1 is 1.60 bits per heavy atom. The number of guanidine groups is 1. The number of nitrogens with zero attached hydrogens (tertiary/aromatic N) is 1. The molecule has 0 spiro atoms. The molecule has 0 aromatic heterocycles. The van der Waals surface area contributed by atoms with Crippen LogP contribution in [0.1, 0.15) is 27.2 Å². The average Bonchev–Trinajstić information content (AvgIpc) is 2.16. The monoisotopic (exact) mass is 327 g/mol. The van der Waals surface area contributed by atoms with Crippen molar-refractivity contribution in [2.75, 3.05) is 13.7 Å². The Bertz CT molecular complexity index is 231. The van der Waals surface area contributed by atoms with Gasteiger partial charge in [-0.25, -0.2) is 0 Å². The van der Waals surface area contributed by atoms with Gasteiger partial charge < -0.3 is 15.8 Å². The minimum atomic E-state index is 0. The predicted molar refractivity (Wildman–Crippen MR) is 73.7 cm³/mol. The Hall–Kier alpha value is -0.0400. The summed E-state index contributed by atoms with van der Waals surface area (Å²) in [4.78, 5) is 3.89. The Labute approximate surface area is 109 Å². The maximum Gasteiger partial charge on any atom is 0.188 e. The van der Waals surface area contributed by atoms with Gasteiger partial charge in [0.25, 0.3) is 0 Å². The van der Waals surface area contributed by atoms with E-state index in [0.29, 0.717) is 18.1 Å². The second-order valence-electron chi connectivity index (χ2n) is 4.31. The van der Waals surface area contributed by atoms with Gasteiger partial charge in [-0.1, -0.05) is 13.8 Å². The summed E-state index contributed by atoms with van der Waals surface area (Å²) in [5, 5.41) is 3.19. The zero-order chi connectivity index (χ0) is 10.8. The third-order valence-electron chi connectivity index (χ3n) is 3.11. The molecule has 0 heterocycles. The SMILES string of the molecule is CCOC1CC(NC(N)=NC)C1(C)C.I. The van der Waals surface area contributed by atoms with Crippen molar-refractivity contribution in [3.63, 3.8) is 0 Å². The smallest absolute Gasteiger partial charge is 0.188 e. The first-order valence-electron chi connectivity index (χ1n) is 5.12. The summed E-state index contributed by atoms with van der Waals surface area (Å²) in [5.41, 5.74) is 5.77. The standard InChI is InChI=1S/C10H21N3O.HI/c1-5-14-8-6-7(10(8,2)3)13-9(11)12-4;/h7-8H,5-6H2,1-4H3,(H3,11,12,13);1H. The molecule has 2 unspecified atom stereocenters. The highest BCUT2D eigenvalue weighted by Gasteiger charge is 2.49. The molecule has 1 saturated carbocycles. The molecular weight excluding hydrogens is 305 g/mol. The minimum Gasteiger partial charge on any atom is -0.378 e. The molecule has 0 radical (unpaired) electrons. The molecule has 90 valence electrons. The summed E-state index contributed by atoms with van der Waals surface area (Å²) in [6.45, 7) is 7.19. The lowest BCUT2D eigenvalue weighted by Gasteiger charge is -2.51. The number of ether oxygens (including phenoxy) is 1. The lowest BCUT2D eigenvalue weighted by Crippen LogP contribution is -2.63. The highest BCUT2D eigenvalue weighted by molar-refractivity contribution is 14.0. The third-order valence-corrected chi connectivity index (χ3v) is 3.11. The normalized spacial score (nSPS) is 28.9. The fourth-order valence-electron chi connectivity index (χ4n) is 1.86. The van der Waals surface area contributed by atoms with Crippen molar-refractivity contribution in [2.24, 2.45) is 16.1 Å². The van der Waals surface area contributed by atoms with Crippen molar-refractivity contribution in [1.29, 1.82) is 0 Å². The highest BCUT2D eigenvalue weighted by Crippen LogP contribution is 2.42. The van der Waals surface area contributed by atoms with Crippen LogP contribution in [0.25, 0.3) is 0 Å². The Morgan fingerprint density at radius 2 is 2.20 bits per heavy atom. The van der Waals surface area contributed by atoms with Crippen LogP contribution >= 0.6 is 24.0 Å². The van der Waals surface area contributed by atoms with Gasteiger partial charge >= 0.3 is 0 Å². The molecule has 15 heavy (non-hydrogen) atoms. The van der Waals surface area contributed by atoms with Crippen LogP contribution in [0.15, 0.2) is 4.99 Å². The van der Waals surface area contributed by atoms with Crippen LogP contribution in [-0.4, -0.2) is 31.8 Å². The summed E-state index contributed by atoms with van der Waals surface area (Å²) >= 11 is 0. The molecule has 0 bridgehead atoms. The molecule has 0 aliphatic heterocycles. The summed E-state index contributed by atoms with van der Waals surface area (Å²) < 4.78 is 5.62. The van der Waals surface area contributed by atoms with Gasteiger partial charge in [0.2, 0.25) is 0 Å². The summed E-state index contributed by atoms with van der Waals surface area (Å²) in [6.07, 6.45) is 1.35. The molecule has 0 saturated heterocycles. The topological polar surface area (TPSA) is 59.6 Å². The predicted octanol–water partition coefficient (Wildman–Crippen LogP) is 1.34. The van der Waals surface area contributed by atoms with Gasteiger partial charge in [-0.15, -0.1) is 24.0 Å². The van der Waals surface area contributed by atoms with Gasteiger partial charge in [0.1, 0.15) is 0 Å². The Morgan fingerprint density at radius 3 is 2.60 bits per heavy atom. The number of hydrogen-bond acceptors (Lipinski definition) is 2. The van der Waals surface area contributed by atoms with Crippen LogP contribution < -0.4 is 11.1 Å². The van der Waals surface area contributed by atoms with E-state index in [4.69, 9.17) is 10.5 Å². The second-order valence-corrected chi connectivity index (χ2v) is 4.31. The first-order valence-corrected chi connectivity index (χ1v) is 5.12. The lowest BCUT2D eigenvalue weighted by molar-refractivity contribution is -0.109. The molecule has 4 nitrogen and oxygen atoms in total. The van der Waals surface area contributed by atoms with E-state index in [-0.39, 0.29) is 29.4 Å². The van der Waals surface area contributed by atoms with E-state index in [1.54, 1.807) is 7.05 Å². The number of rotatable bonds is 3. The van der Waals surface area contributed by atoms with E-state index < -0.39 is 0 Å². The van der Waals surface area contributed by atoms with Gasteiger partial charge in [-0.2, -0.15) is 0 Å². The van der Waals surface area contributed by atoms with Crippen molar-refractivity contribution in [2.45, 2.75) is 39.3 Å². The number of nitrogens with two attached hydrogens (primary N) is 1. The van der Waals surface area contributed by atoms with Gasteiger partial charge in [0.15, 0.2) is 5.96 Å². The maximum absolute atomic E-state index is 5.62. The van der Waals surface area contributed by atoms with Crippen LogP contribution in [0.5, 0.6) is 0 Å². The quantitative estimate of drug-likeness (QED) is 0.467. The number of hydrogen-bond donors (Lipinski definition) is 2. The molecule has 1 rings (SSSR count). The third kappa shape index (κ3) is 3.21. The fraction of sp³-hybridized carbons (Fsp3) is 0.900. The van der Waals surface area contributed by atoms with Crippen LogP contribution in [0.3, 0.4) is 0 Å². The van der Waals surface area contributed by atoms with Crippen molar-refractivity contribution in [1.82, 2.24) is 5.32 Å². The number of nitrogens with one attached hydrogen (secondary N) is 1. The van der Waals surface area contributed by atoms with E-state index >= 15 is 0 Å². The maximum atomic E-state index is 5.62. The van der Waals surface area contributed by atoms with E-state index in [2.05, 4.69) is 24.2 Å². The molecule has 5 heteroatoms. The van der Waals surface area contributed by atoms with Crippen molar-refractivity contribution >= 4 is 29.9 Å². The number of halogens is 1. The largest absolute Gasteiger partial charge is 0.378 e. The van der Waals surface area contributed by atoms with Gasteiger partial charge in [-0.05, 0) is 13.3 Å². The molecule has 0 aromatic rings. The first-order chi connectivity index (χ1) is 6.52. The van der Waals surface area contributed by atoms with Crippen molar-refractivity contribution in [3.8, 4) is 0 Å². The summed E-state index contributed by atoms with van der Waals surface area (Å²) in [7, 11) is 1.69. The van der Waals surface area contributed by atoms with Gasteiger partial charge in [0, 0.05) is 25.1 Å². The Kier molecular flexibility index (Phi) is 5.87. The van der Waals surface area contributed by atoms with E-state index in [0.717, 1.165) is 13.0 Å². The van der Waals surface area contributed by atoms with Crippen LogP contribution in [0, 0.1) is 5.41 Å². The highest BCUT2D eigenvalue weighted by atomic mass is 127. The molecule has 0 amide bonds. The van der Waals surface area contributed by atoms with Crippen molar-refractivity contribution in [3.05, 3.63) is 0 Å². The molecule has 0 aromatic carbocycles. The summed E-state index contributed by atoms with van der Waals surface area (Å²) in [5.74, 6) is 0.512. The van der Waals surface area contributed by atoms with Crippen LogP contribution in [0.2, 0.25) is 0 Å². The molecule has 1 aliphatic rings. The van der Waals surface area contributed by atoms with E-state index in [9.17, 15) is 0 Å². The van der Waals surface area contributed by atoms with Crippen LogP contribution in [-0.2, 0) is 4.74 Å². The van der Waals surface area contributed by atoms with Gasteiger partial charge in [-0.3, -0.25) is 4.99 Å². The fourth-order valence-corrected chi connectivity index (χ4v) is 1.86. The van der Waals surface area contributed by atoms with E-state index in [1.807, 2.05) is 6.92 Å². The van der Waals surface area contributed by atoms with E-state index in [1.165, 1.54) is 0 Å². The minimum absolute atomic E-state index is 0.